The molecule has 1 heterocycles. The minimum absolute atomic E-state index is 0.0343. The minimum atomic E-state index is -0.110. The summed E-state index contributed by atoms with van der Waals surface area (Å²) in [5, 5.41) is 10.6. The number of amides is 2. The van der Waals surface area contributed by atoms with Gasteiger partial charge in [0.15, 0.2) is 0 Å². The molecule has 1 aromatic rings. The van der Waals surface area contributed by atoms with Gasteiger partial charge in [0.2, 0.25) is 0 Å². The molecule has 4 nitrogen and oxygen atoms in total. The smallest absolute Gasteiger partial charge is 0.331 e. The van der Waals surface area contributed by atoms with E-state index >= 15 is 0 Å². The number of carbonyl (C=O) groups is 1. The van der Waals surface area contributed by atoms with E-state index in [-0.39, 0.29) is 22.9 Å². The van der Waals surface area contributed by atoms with Crippen LogP contribution < -0.4 is 5.32 Å². The number of hydrogen-bond donors (Lipinski definition) is 1. The van der Waals surface area contributed by atoms with Gasteiger partial charge in [0, 0.05) is 22.2 Å². The average Bonchev–Trinajstić information content (AvgIpc) is 3.28. The van der Waals surface area contributed by atoms with Crippen molar-refractivity contribution in [2.75, 3.05) is 6.54 Å². The molecular formula is C23H32ClN3O. The van der Waals surface area contributed by atoms with Crippen molar-refractivity contribution >= 4 is 23.3 Å². The Bertz CT molecular complexity index is 767. The zero-order chi connectivity index (χ0) is 19.9. The summed E-state index contributed by atoms with van der Waals surface area (Å²) in [5.74, 6) is 0.762. The van der Waals surface area contributed by atoms with Crippen LogP contribution in [0.4, 0.5) is 4.79 Å². The minimum Gasteiger partial charge on any atom is -0.331 e. The zero-order valence-corrected chi connectivity index (χ0v) is 18.1. The Labute approximate surface area is 173 Å². The van der Waals surface area contributed by atoms with Gasteiger partial charge in [-0.3, -0.25) is 0 Å². The van der Waals surface area contributed by atoms with Crippen LogP contribution in [0.25, 0.3) is 0 Å². The summed E-state index contributed by atoms with van der Waals surface area (Å²) in [7, 11) is 0. The lowest BCUT2D eigenvalue weighted by molar-refractivity contribution is 0.148. The average molecular weight is 402 g/mol. The van der Waals surface area contributed by atoms with Crippen LogP contribution in [0.2, 0.25) is 5.02 Å². The maximum atomic E-state index is 13.2. The van der Waals surface area contributed by atoms with Gasteiger partial charge in [0.25, 0.3) is 0 Å². The van der Waals surface area contributed by atoms with E-state index < -0.39 is 0 Å². The third-order valence-electron chi connectivity index (χ3n) is 7.83. The lowest BCUT2D eigenvalue weighted by atomic mass is 9.76. The molecule has 3 aliphatic rings. The van der Waals surface area contributed by atoms with Crippen molar-refractivity contribution in [3.8, 4) is 0 Å². The maximum absolute atomic E-state index is 13.2. The Morgan fingerprint density at radius 3 is 2.50 bits per heavy atom. The summed E-state index contributed by atoms with van der Waals surface area (Å²) >= 11 is 6.07. The van der Waals surface area contributed by atoms with E-state index in [0.29, 0.717) is 12.5 Å². The molecule has 28 heavy (non-hydrogen) atoms. The van der Waals surface area contributed by atoms with Gasteiger partial charge in [-0.15, -0.1) is 0 Å². The van der Waals surface area contributed by atoms with Crippen LogP contribution >= 0.6 is 11.6 Å². The van der Waals surface area contributed by atoms with Gasteiger partial charge in [0.05, 0.1) is 6.54 Å². The van der Waals surface area contributed by atoms with Gasteiger partial charge >= 0.3 is 6.03 Å². The van der Waals surface area contributed by atoms with E-state index in [9.17, 15) is 4.79 Å². The van der Waals surface area contributed by atoms with E-state index in [1.807, 2.05) is 12.1 Å². The number of halogens is 1. The highest BCUT2D eigenvalue weighted by atomic mass is 35.5. The van der Waals surface area contributed by atoms with Crippen LogP contribution in [-0.2, 0) is 0 Å². The number of benzene rings is 1. The fraction of sp³-hybridized carbons (Fsp3) is 0.652. The molecule has 2 aliphatic carbocycles. The molecule has 2 bridgehead atoms. The Balaban J connectivity index is 1.52. The van der Waals surface area contributed by atoms with Gasteiger partial charge in [-0.05, 0) is 74.5 Å². The first-order chi connectivity index (χ1) is 13.4. The van der Waals surface area contributed by atoms with Crippen molar-refractivity contribution in [3.63, 3.8) is 0 Å². The van der Waals surface area contributed by atoms with Crippen molar-refractivity contribution in [1.29, 1.82) is 0 Å². The van der Waals surface area contributed by atoms with Crippen molar-refractivity contribution in [3.05, 3.63) is 34.9 Å². The number of fused-ring (bicyclic) bond motifs is 2. The van der Waals surface area contributed by atoms with Crippen molar-refractivity contribution < 1.29 is 4.79 Å². The van der Waals surface area contributed by atoms with Crippen LogP contribution in [0, 0.1) is 11.3 Å². The number of nitrogens with zero attached hydrogens (tertiary/aromatic N) is 2. The van der Waals surface area contributed by atoms with E-state index in [1.54, 1.807) is 5.01 Å². The van der Waals surface area contributed by atoms with Crippen molar-refractivity contribution in [1.82, 2.24) is 10.3 Å². The van der Waals surface area contributed by atoms with E-state index in [2.05, 4.69) is 38.2 Å². The van der Waals surface area contributed by atoms with Gasteiger partial charge in [-0.2, -0.15) is 5.10 Å². The number of urea groups is 1. The van der Waals surface area contributed by atoms with Crippen LogP contribution in [0.3, 0.4) is 0 Å². The summed E-state index contributed by atoms with van der Waals surface area (Å²) in [6.45, 7) is 7.40. The second-order valence-electron chi connectivity index (χ2n) is 9.35. The predicted octanol–water partition coefficient (Wildman–Crippen LogP) is 5.96. The van der Waals surface area contributed by atoms with Crippen LogP contribution in [0.15, 0.2) is 29.4 Å². The molecule has 2 atom stereocenters. The molecule has 4 rings (SSSR count). The Morgan fingerprint density at radius 1 is 1.25 bits per heavy atom. The molecule has 152 valence electrons. The Kier molecular flexibility index (Phi) is 5.20. The molecule has 1 unspecified atom stereocenters. The number of rotatable bonds is 5. The SMILES string of the molecule is CCCCC1=NN(C(=O)NC2(C)[C@H]3CC[C@]2(C)CC3)C[C@@H]1c1ccc(Cl)cc1. The normalized spacial score (nSPS) is 34.0. The number of unbranched alkanes of at least 4 members (excludes halogenated alkanes) is 1. The Hall–Kier alpha value is -1.55. The molecule has 2 amide bonds. The molecular weight excluding hydrogens is 370 g/mol. The quantitative estimate of drug-likeness (QED) is 0.649. The third-order valence-corrected chi connectivity index (χ3v) is 8.08. The molecule has 1 aromatic carbocycles. The van der Waals surface area contributed by atoms with Gasteiger partial charge in [0.1, 0.15) is 0 Å². The van der Waals surface area contributed by atoms with Crippen molar-refractivity contribution in [2.45, 2.75) is 77.2 Å². The van der Waals surface area contributed by atoms with E-state index in [0.717, 1.165) is 30.0 Å². The van der Waals surface area contributed by atoms with Crippen LogP contribution in [0.5, 0.6) is 0 Å². The number of nitrogens with one attached hydrogen (secondary N) is 1. The first kappa shape index (κ1) is 19.8. The second kappa shape index (κ2) is 7.37. The number of carbonyl (C=O) groups excluding carboxylic acids is 1. The molecule has 1 N–H and O–H groups in total. The first-order valence-corrected chi connectivity index (χ1v) is 11.2. The zero-order valence-electron chi connectivity index (χ0n) is 17.3. The topological polar surface area (TPSA) is 44.7 Å². The summed E-state index contributed by atoms with van der Waals surface area (Å²) in [6.07, 6.45) is 8.04. The number of hydrazone groups is 1. The summed E-state index contributed by atoms with van der Waals surface area (Å²) in [5.41, 5.74) is 2.41. The fourth-order valence-corrected chi connectivity index (χ4v) is 5.76. The lowest BCUT2D eigenvalue weighted by Crippen LogP contribution is -2.56. The van der Waals surface area contributed by atoms with E-state index in [4.69, 9.17) is 16.7 Å². The fourth-order valence-electron chi connectivity index (χ4n) is 5.63. The summed E-state index contributed by atoms with van der Waals surface area (Å²) in [6, 6.07) is 7.95. The summed E-state index contributed by atoms with van der Waals surface area (Å²) in [4.78, 5) is 13.2. The highest BCUT2D eigenvalue weighted by molar-refractivity contribution is 6.30. The molecule has 0 aromatic heterocycles. The first-order valence-electron chi connectivity index (χ1n) is 10.8. The van der Waals surface area contributed by atoms with Crippen LogP contribution in [0.1, 0.15) is 77.2 Å². The highest BCUT2D eigenvalue weighted by Crippen LogP contribution is 2.60. The highest BCUT2D eigenvalue weighted by Gasteiger charge is 2.60. The maximum Gasteiger partial charge on any atom is 0.338 e. The third kappa shape index (κ3) is 3.24. The van der Waals surface area contributed by atoms with Gasteiger partial charge < -0.3 is 5.32 Å². The standard InChI is InChI=1S/C23H32ClN3O/c1-4-5-6-20-19(16-7-9-18(24)10-8-16)15-27(26-20)21(28)25-23(3)17-11-13-22(23,2)14-12-17/h7-10,17,19H,4-6,11-15H2,1-3H3,(H,25,28)/t17-,19-,22+,23?/m1/s1. The molecule has 0 saturated heterocycles. The monoisotopic (exact) mass is 401 g/mol. The molecule has 2 fully saturated rings. The second-order valence-corrected chi connectivity index (χ2v) is 9.79. The lowest BCUT2D eigenvalue weighted by Gasteiger charge is -2.39. The van der Waals surface area contributed by atoms with Gasteiger partial charge in [-0.25, -0.2) is 9.80 Å². The molecule has 0 spiro atoms. The van der Waals surface area contributed by atoms with E-state index in [1.165, 1.54) is 31.2 Å². The molecule has 0 radical (unpaired) electrons. The molecule has 2 saturated carbocycles. The largest absolute Gasteiger partial charge is 0.338 e. The molecule has 1 aliphatic heterocycles. The molecule has 5 heteroatoms. The Morgan fingerprint density at radius 2 is 1.93 bits per heavy atom. The summed E-state index contributed by atoms with van der Waals surface area (Å²) < 4.78 is 0. The predicted molar refractivity (Wildman–Crippen MR) is 115 cm³/mol. The van der Waals surface area contributed by atoms with Crippen LogP contribution in [-0.4, -0.2) is 28.8 Å². The van der Waals surface area contributed by atoms with Crippen molar-refractivity contribution in [2.24, 2.45) is 16.4 Å². The number of hydrogen-bond acceptors (Lipinski definition) is 2. The van der Waals surface area contributed by atoms with Gasteiger partial charge in [-0.1, -0.05) is 44.0 Å².